The fraction of sp³-hybridized carbons (Fsp3) is 0.750. The Hall–Kier alpha value is -1.36. The monoisotopic (exact) mass is 293 g/mol. The zero-order chi connectivity index (χ0) is 15.0. The zero-order valence-electron chi connectivity index (χ0n) is 12.1. The number of rotatable bonds is 4. The number of hydrogen-bond donors (Lipinski definition) is 2. The lowest BCUT2D eigenvalue weighted by Gasteiger charge is -2.39. The summed E-state index contributed by atoms with van der Waals surface area (Å²) >= 11 is 0. The number of piperidine rings is 1. The van der Waals surface area contributed by atoms with Crippen molar-refractivity contribution >= 4 is 11.9 Å². The normalized spacial score (nSPS) is 38.0. The lowest BCUT2D eigenvalue weighted by molar-refractivity contribution is -0.152. The molecule has 3 aliphatic rings. The highest BCUT2D eigenvalue weighted by atomic mass is 16.4. The summed E-state index contributed by atoms with van der Waals surface area (Å²) in [7, 11) is 0. The molecular weight excluding hydrogens is 270 g/mol. The van der Waals surface area contributed by atoms with Crippen LogP contribution in [-0.4, -0.2) is 46.2 Å². The number of carboxylic acid groups (broad SMARTS) is 1. The Morgan fingerprint density at radius 2 is 1.86 bits per heavy atom. The number of likely N-dealkylation sites (tertiary alicyclic amines) is 1. The Morgan fingerprint density at radius 1 is 1.14 bits per heavy atom. The van der Waals surface area contributed by atoms with E-state index in [0.29, 0.717) is 13.0 Å². The molecule has 5 unspecified atom stereocenters. The minimum Gasteiger partial charge on any atom is -0.481 e. The SMILES string of the molecule is O=C(O)C1C2C=CC(C2)C1C(=O)N1CCCCC1CCO. The minimum atomic E-state index is -0.846. The lowest BCUT2D eigenvalue weighted by Crippen LogP contribution is -2.49. The molecule has 1 aliphatic heterocycles. The molecule has 5 nitrogen and oxygen atoms in total. The molecule has 1 saturated heterocycles. The van der Waals surface area contributed by atoms with E-state index in [-0.39, 0.29) is 30.4 Å². The lowest BCUT2D eigenvalue weighted by atomic mass is 9.81. The molecule has 5 heteroatoms. The third-order valence-electron chi connectivity index (χ3n) is 5.40. The van der Waals surface area contributed by atoms with Gasteiger partial charge in [-0.2, -0.15) is 0 Å². The van der Waals surface area contributed by atoms with E-state index in [4.69, 9.17) is 0 Å². The van der Waals surface area contributed by atoms with Crippen molar-refractivity contribution in [2.24, 2.45) is 23.7 Å². The maximum Gasteiger partial charge on any atom is 0.307 e. The fourth-order valence-electron chi connectivity index (χ4n) is 4.43. The zero-order valence-corrected chi connectivity index (χ0v) is 12.1. The number of aliphatic hydroxyl groups is 1. The Labute approximate surface area is 124 Å². The molecule has 3 rings (SSSR count). The summed E-state index contributed by atoms with van der Waals surface area (Å²) in [5.74, 6) is -1.72. The number of nitrogens with zero attached hydrogens (tertiary/aromatic N) is 1. The summed E-state index contributed by atoms with van der Waals surface area (Å²) in [6.45, 7) is 0.779. The molecule has 0 spiro atoms. The summed E-state index contributed by atoms with van der Waals surface area (Å²) < 4.78 is 0. The van der Waals surface area contributed by atoms with Crippen molar-refractivity contribution < 1.29 is 19.8 Å². The molecule has 2 aliphatic carbocycles. The molecule has 0 aromatic carbocycles. The van der Waals surface area contributed by atoms with Gasteiger partial charge in [0, 0.05) is 19.2 Å². The van der Waals surface area contributed by atoms with Gasteiger partial charge in [0.1, 0.15) is 0 Å². The first kappa shape index (κ1) is 14.6. The third-order valence-corrected chi connectivity index (χ3v) is 5.40. The fourth-order valence-corrected chi connectivity index (χ4v) is 4.43. The molecule has 2 bridgehead atoms. The van der Waals surface area contributed by atoms with Crippen molar-refractivity contribution in [2.75, 3.05) is 13.2 Å². The van der Waals surface area contributed by atoms with Gasteiger partial charge < -0.3 is 15.1 Å². The molecule has 0 aromatic heterocycles. The molecular formula is C16H23NO4. The van der Waals surface area contributed by atoms with Crippen molar-refractivity contribution in [3.05, 3.63) is 12.2 Å². The van der Waals surface area contributed by atoms with Gasteiger partial charge in [0.15, 0.2) is 0 Å². The molecule has 2 N–H and O–H groups in total. The van der Waals surface area contributed by atoms with Gasteiger partial charge in [-0.25, -0.2) is 0 Å². The quantitative estimate of drug-likeness (QED) is 0.765. The first-order valence-electron chi connectivity index (χ1n) is 7.96. The minimum absolute atomic E-state index is 0.00241. The summed E-state index contributed by atoms with van der Waals surface area (Å²) in [6.07, 6.45) is 8.36. The van der Waals surface area contributed by atoms with Crippen LogP contribution in [0.3, 0.4) is 0 Å². The molecule has 1 saturated carbocycles. The molecule has 2 fully saturated rings. The summed E-state index contributed by atoms with van der Waals surface area (Å²) in [6, 6.07) is 0.0776. The number of aliphatic carboxylic acids is 1. The van der Waals surface area contributed by atoms with Crippen LogP contribution in [-0.2, 0) is 9.59 Å². The van der Waals surface area contributed by atoms with Crippen LogP contribution in [0.2, 0.25) is 0 Å². The van der Waals surface area contributed by atoms with Crippen molar-refractivity contribution in [2.45, 2.75) is 38.1 Å². The van der Waals surface area contributed by atoms with Crippen molar-refractivity contribution in [1.82, 2.24) is 4.90 Å². The summed E-state index contributed by atoms with van der Waals surface area (Å²) in [4.78, 5) is 26.3. The van der Waals surface area contributed by atoms with Gasteiger partial charge in [0.2, 0.25) is 5.91 Å². The van der Waals surface area contributed by atoms with Crippen LogP contribution in [0.4, 0.5) is 0 Å². The van der Waals surface area contributed by atoms with Crippen LogP contribution in [0.5, 0.6) is 0 Å². The second-order valence-corrected chi connectivity index (χ2v) is 6.53. The van der Waals surface area contributed by atoms with Gasteiger partial charge >= 0.3 is 5.97 Å². The van der Waals surface area contributed by atoms with E-state index in [9.17, 15) is 19.8 Å². The number of fused-ring (bicyclic) bond motifs is 2. The number of carboxylic acids is 1. The third kappa shape index (κ3) is 2.48. The summed E-state index contributed by atoms with van der Waals surface area (Å²) in [5.41, 5.74) is 0. The molecule has 5 atom stereocenters. The van der Waals surface area contributed by atoms with Crippen molar-refractivity contribution in [1.29, 1.82) is 0 Å². The molecule has 0 aromatic rings. The number of allylic oxidation sites excluding steroid dienone is 2. The Balaban J connectivity index is 1.80. The maximum absolute atomic E-state index is 12.9. The predicted molar refractivity (Wildman–Crippen MR) is 76.4 cm³/mol. The van der Waals surface area contributed by atoms with E-state index in [1.54, 1.807) is 0 Å². The first-order chi connectivity index (χ1) is 10.1. The average molecular weight is 293 g/mol. The number of carbonyl (C=O) groups is 2. The van der Waals surface area contributed by atoms with Crippen LogP contribution >= 0.6 is 0 Å². The van der Waals surface area contributed by atoms with E-state index in [1.165, 1.54) is 0 Å². The van der Waals surface area contributed by atoms with Gasteiger partial charge in [-0.05, 0) is 43.9 Å². The largest absolute Gasteiger partial charge is 0.481 e. The van der Waals surface area contributed by atoms with Gasteiger partial charge in [0.05, 0.1) is 11.8 Å². The van der Waals surface area contributed by atoms with Crippen molar-refractivity contribution in [3.8, 4) is 0 Å². The van der Waals surface area contributed by atoms with E-state index in [1.807, 2.05) is 17.1 Å². The van der Waals surface area contributed by atoms with Crippen LogP contribution in [0.1, 0.15) is 32.1 Å². The number of amides is 1. The molecule has 0 radical (unpaired) electrons. The van der Waals surface area contributed by atoms with Crippen LogP contribution in [0, 0.1) is 23.7 Å². The van der Waals surface area contributed by atoms with Gasteiger partial charge in [-0.3, -0.25) is 9.59 Å². The topological polar surface area (TPSA) is 77.8 Å². The standard InChI is InChI=1S/C16H23NO4/c18-8-6-12-3-1-2-7-17(12)15(19)13-10-4-5-11(9-10)14(13)16(20)21/h4-5,10-14,18H,1-3,6-9H2,(H,20,21). The van der Waals surface area contributed by atoms with Crippen molar-refractivity contribution in [3.63, 3.8) is 0 Å². The van der Waals surface area contributed by atoms with Crippen LogP contribution in [0.25, 0.3) is 0 Å². The van der Waals surface area contributed by atoms with E-state index in [2.05, 4.69) is 0 Å². The van der Waals surface area contributed by atoms with E-state index < -0.39 is 17.8 Å². The first-order valence-corrected chi connectivity index (χ1v) is 7.96. The highest BCUT2D eigenvalue weighted by Gasteiger charge is 2.53. The average Bonchev–Trinajstić information content (AvgIpc) is 3.08. The molecule has 21 heavy (non-hydrogen) atoms. The number of aliphatic hydroxyl groups excluding tert-OH is 1. The Bertz CT molecular complexity index is 459. The Kier molecular flexibility index (Phi) is 4.02. The molecule has 116 valence electrons. The van der Waals surface area contributed by atoms with Crippen LogP contribution < -0.4 is 0 Å². The smallest absolute Gasteiger partial charge is 0.307 e. The maximum atomic E-state index is 12.9. The second kappa shape index (κ2) is 5.79. The second-order valence-electron chi connectivity index (χ2n) is 6.53. The van der Waals surface area contributed by atoms with E-state index >= 15 is 0 Å². The number of hydrogen-bond acceptors (Lipinski definition) is 3. The highest BCUT2D eigenvalue weighted by molar-refractivity contribution is 5.87. The summed E-state index contributed by atoms with van der Waals surface area (Å²) in [5, 5.41) is 18.7. The van der Waals surface area contributed by atoms with Gasteiger partial charge in [-0.15, -0.1) is 0 Å². The number of carbonyl (C=O) groups excluding carboxylic acids is 1. The molecule has 1 amide bonds. The predicted octanol–water partition coefficient (Wildman–Crippen LogP) is 1.27. The van der Waals surface area contributed by atoms with Gasteiger partial charge in [-0.1, -0.05) is 12.2 Å². The van der Waals surface area contributed by atoms with E-state index in [0.717, 1.165) is 25.7 Å². The Morgan fingerprint density at radius 3 is 2.52 bits per heavy atom. The van der Waals surface area contributed by atoms with Crippen LogP contribution in [0.15, 0.2) is 12.2 Å². The highest BCUT2D eigenvalue weighted by Crippen LogP contribution is 2.49. The molecule has 1 heterocycles. The van der Waals surface area contributed by atoms with Gasteiger partial charge in [0.25, 0.3) is 0 Å².